The van der Waals surface area contributed by atoms with Crippen molar-refractivity contribution in [2.45, 2.75) is 20.8 Å². The van der Waals surface area contributed by atoms with Crippen LogP contribution in [0.15, 0.2) is 18.2 Å². The summed E-state index contributed by atoms with van der Waals surface area (Å²) in [4.78, 5) is 16.4. The molecule has 0 heterocycles. The van der Waals surface area contributed by atoms with E-state index in [-0.39, 0.29) is 6.03 Å². The van der Waals surface area contributed by atoms with E-state index in [9.17, 15) is 4.79 Å². The Morgan fingerprint density at radius 3 is 2.52 bits per heavy atom. The second kappa shape index (κ2) is 9.63. The number of rotatable bonds is 8. The SMILES string of the molecule is CCOc1ccc(NC(=O)N(CCN(C)C)CC(C)C)cc1Cl. The number of benzene rings is 1. The smallest absolute Gasteiger partial charge is 0.321 e. The van der Waals surface area contributed by atoms with Crippen LogP contribution in [-0.4, -0.2) is 56.2 Å². The van der Waals surface area contributed by atoms with Gasteiger partial charge in [-0.2, -0.15) is 0 Å². The van der Waals surface area contributed by atoms with Crippen LogP contribution in [0.1, 0.15) is 20.8 Å². The number of ether oxygens (including phenoxy) is 1. The van der Waals surface area contributed by atoms with Crippen molar-refractivity contribution in [2.75, 3.05) is 45.7 Å². The van der Waals surface area contributed by atoms with Crippen LogP contribution in [0.3, 0.4) is 0 Å². The number of nitrogens with one attached hydrogen (secondary N) is 1. The van der Waals surface area contributed by atoms with Crippen LogP contribution in [0.2, 0.25) is 5.02 Å². The minimum absolute atomic E-state index is 0.110. The second-order valence-corrected chi connectivity index (χ2v) is 6.56. The minimum atomic E-state index is -0.110. The first-order valence-electron chi connectivity index (χ1n) is 7.96. The van der Waals surface area contributed by atoms with Crippen LogP contribution < -0.4 is 10.1 Å². The number of hydrogen-bond acceptors (Lipinski definition) is 3. The standard InChI is InChI=1S/C17H28ClN3O2/c1-6-23-16-8-7-14(11-15(16)18)19-17(22)21(12-13(2)3)10-9-20(4)5/h7-8,11,13H,6,9-10,12H2,1-5H3,(H,19,22). The number of hydrogen-bond donors (Lipinski definition) is 1. The lowest BCUT2D eigenvalue weighted by Gasteiger charge is -2.26. The van der Waals surface area contributed by atoms with E-state index in [2.05, 4.69) is 24.1 Å². The molecule has 1 N–H and O–H groups in total. The number of halogens is 1. The highest BCUT2D eigenvalue weighted by Gasteiger charge is 2.15. The summed E-state index contributed by atoms with van der Waals surface area (Å²) in [5.41, 5.74) is 0.669. The molecule has 5 nitrogen and oxygen atoms in total. The normalized spacial score (nSPS) is 11.0. The maximum absolute atomic E-state index is 12.5. The summed E-state index contributed by atoms with van der Waals surface area (Å²) in [7, 11) is 4.00. The molecular weight excluding hydrogens is 314 g/mol. The first kappa shape index (κ1) is 19.6. The van der Waals surface area contributed by atoms with Crippen LogP contribution in [0, 0.1) is 5.92 Å². The van der Waals surface area contributed by atoms with E-state index >= 15 is 0 Å². The summed E-state index contributed by atoms with van der Waals surface area (Å²) in [5, 5.41) is 3.40. The molecule has 0 saturated heterocycles. The van der Waals surface area contributed by atoms with Gasteiger partial charge in [0.05, 0.1) is 11.6 Å². The third kappa shape index (κ3) is 7.10. The second-order valence-electron chi connectivity index (χ2n) is 6.15. The summed E-state index contributed by atoms with van der Waals surface area (Å²) in [6.45, 7) is 8.88. The van der Waals surface area contributed by atoms with Crippen LogP contribution in [0.4, 0.5) is 10.5 Å². The predicted octanol–water partition coefficient (Wildman–Crippen LogP) is 3.79. The van der Waals surface area contributed by atoms with Gasteiger partial charge in [0.1, 0.15) is 5.75 Å². The van der Waals surface area contributed by atoms with Crippen molar-refractivity contribution in [1.29, 1.82) is 0 Å². The Morgan fingerprint density at radius 2 is 2.00 bits per heavy atom. The molecule has 0 radical (unpaired) electrons. The van der Waals surface area contributed by atoms with Gasteiger partial charge in [0, 0.05) is 25.3 Å². The number of carbonyl (C=O) groups excluding carboxylic acids is 1. The van der Waals surface area contributed by atoms with Crippen LogP contribution in [0.5, 0.6) is 5.75 Å². The van der Waals surface area contributed by atoms with Gasteiger partial charge >= 0.3 is 6.03 Å². The van der Waals surface area contributed by atoms with Gasteiger partial charge in [-0.1, -0.05) is 25.4 Å². The zero-order chi connectivity index (χ0) is 17.4. The predicted molar refractivity (Wildman–Crippen MR) is 96.6 cm³/mol. The van der Waals surface area contributed by atoms with Crippen molar-refractivity contribution < 1.29 is 9.53 Å². The molecule has 0 aliphatic heterocycles. The van der Waals surface area contributed by atoms with Gasteiger partial charge in [-0.3, -0.25) is 0 Å². The fraction of sp³-hybridized carbons (Fsp3) is 0.588. The molecule has 0 aliphatic rings. The largest absolute Gasteiger partial charge is 0.492 e. The van der Waals surface area contributed by atoms with Crippen molar-refractivity contribution in [3.8, 4) is 5.75 Å². The van der Waals surface area contributed by atoms with Gasteiger partial charge in [-0.25, -0.2) is 4.79 Å². The van der Waals surface area contributed by atoms with E-state index in [1.807, 2.05) is 25.9 Å². The topological polar surface area (TPSA) is 44.8 Å². The summed E-state index contributed by atoms with van der Waals surface area (Å²) >= 11 is 6.16. The Kier molecular flexibility index (Phi) is 8.20. The highest BCUT2D eigenvalue weighted by atomic mass is 35.5. The van der Waals surface area contributed by atoms with Crippen LogP contribution >= 0.6 is 11.6 Å². The van der Waals surface area contributed by atoms with Gasteiger partial charge in [-0.05, 0) is 45.1 Å². The Bertz CT molecular complexity index is 507. The van der Waals surface area contributed by atoms with Crippen molar-refractivity contribution in [1.82, 2.24) is 9.80 Å². The van der Waals surface area contributed by atoms with Crippen molar-refractivity contribution in [3.05, 3.63) is 23.2 Å². The number of carbonyl (C=O) groups is 1. The van der Waals surface area contributed by atoms with Crippen molar-refractivity contribution >= 4 is 23.3 Å². The number of amides is 2. The van der Waals surface area contributed by atoms with E-state index in [1.54, 1.807) is 18.2 Å². The number of nitrogens with zero attached hydrogens (tertiary/aromatic N) is 2. The van der Waals surface area contributed by atoms with E-state index in [1.165, 1.54) is 0 Å². The van der Waals surface area contributed by atoms with Crippen molar-refractivity contribution in [2.24, 2.45) is 5.92 Å². The molecule has 2 amide bonds. The zero-order valence-corrected chi connectivity index (χ0v) is 15.5. The molecular formula is C17H28ClN3O2. The molecule has 1 aromatic carbocycles. The molecule has 130 valence electrons. The van der Waals surface area contributed by atoms with Gasteiger partial charge < -0.3 is 19.9 Å². The summed E-state index contributed by atoms with van der Waals surface area (Å²) < 4.78 is 5.40. The average molecular weight is 342 g/mol. The lowest BCUT2D eigenvalue weighted by Crippen LogP contribution is -2.41. The summed E-state index contributed by atoms with van der Waals surface area (Å²) in [5.74, 6) is 1.03. The minimum Gasteiger partial charge on any atom is -0.492 e. The molecule has 1 aromatic rings. The first-order valence-corrected chi connectivity index (χ1v) is 8.34. The highest BCUT2D eigenvalue weighted by Crippen LogP contribution is 2.27. The molecule has 0 bridgehead atoms. The third-order valence-electron chi connectivity index (χ3n) is 3.17. The Balaban J connectivity index is 2.74. The monoisotopic (exact) mass is 341 g/mol. The third-order valence-corrected chi connectivity index (χ3v) is 3.47. The van der Waals surface area contributed by atoms with Gasteiger partial charge in [0.25, 0.3) is 0 Å². The molecule has 0 aromatic heterocycles. The lowest BCUT2D eigenvalue weighted by molar-refractivity contribution is 0.197. The maximum Gasteiger partial charge on any atom is 0.321 e. The first-order chi connectivity index (χ1) is 10.8. The molecule has 0 fully saturated rings. The summed E-state index contributed by atoms with van der Waals surface area (Å²) in [6, 6.07) is 5.17. The lowest BCUT2D eigenvalue weighted by atomic mass is 10.2. The van der Waals surface area contributed by atoms with E-state index in [0.29, 0.717) is 42.1 Å². The molecule has 23 heavy (non-hydrogen) atoms. The van der Waals surface area contributed by atoms with Gasteiger partial charge in [0.15, 0.2) is 0 Å². The molecule has 0 atom stereocenters. The quantitative estimate of drug-likeness (QED) is 0.782. The number of likely N-dealkylation sites (N-methyl/N-ethyl adjacent to an activating group) is 1. The van der Waals surface area contributed by atoms with E-state index < -0.39 is 0 Å². The Labute approximate surface area is 144 Å². The fourth-order valence-corrected chi connectivity index (χ4v) is 2.33. The average Bonchev–Trinajstić information content (AvgIpc) is 2.45. The zero-order valence-electron chi connectivity index (χ0n) is 14.7. The fourth-order valence-electron chi connectivity index (χ4n) is 2.09. The Morgan fingerprint density at radius 1 is 1.30 bits per heavy atom. The number of anilines is 1. The van der Waals surface area contributed by atoms with Gasteiger partial charge in [0.2, 0.25) is 0 Å². The van der Waals surface area contributed by atoms with Crippen LogP contribution in [-0.2, 0) is 0 Å². The Hall–Kier alpha value is -1.46. The molecule has 6 heteroatoms. The van der Waals surface area contributed by atoms with Crippen molar-refractivity contribution in [3.63, 3.8) is 0 Å². The summed E-state index contributed by atoms with van der Waals surface area (Å²) in [6.07, 6.45) is 0. The molecule has 0 saturated carbocycles. The van der Waals surface area contributed by atoms with Gasteiger partial charge in [-0.15, -0.1) is 0 Å². The van der Waals surface area contributed by atoms with E-state index in [0.717, 1.165) is 6.54 Å². The molecule has 1 rings (SSSR count). The molecule has 0 aliphatic carbocycles. The molecule has 0 spiro atoms. The number of urea groups is 1. The van der Waals surface area contributed by atoms with E-state index in [4.69, 9.17) is 16.3 Å². The molecule has 0 unspecified atom stereocenters. The maximum atomic E-state index is 12.5. The highest BCUT2D eigenvalue weighted by molar-refractivity contribution is 6.32. The van der Waals surface area contributed by atoms with Crippen LogP contribution in [0.25, 0.3) is 0 Å².